The van der Waals surface area contributed by atoms with Crippen LogP contribution in [0, 0.1) is 47.4 Å². The van der Waals surface area contributed by atoms with Crippen LogP contribution < -0.4 is 0 Å². The maximum Gasteiger partial charge on any atom is 0.0792 e. The van der Waals surface area contributed by atoms with Crippen molar-refractivity contribution in [1.29, 1.82) is 0 Å². The van der Waals surface area contributed by atoms with Crippen molar-refractivity contribution in [2.24, 2.45) is 0 Å². The molecule has 0 unspecified atom stereocenters. The van der Waals surface area contributed by atoms with Crippen molar-refractivity contribution in [1.82, 2.24) is 0 Å². The summed E-state index contributed by atoms with van der Waals surface area (Å²) in [4.78, 5) is 4.16. The molecule has 6 aromatic rings. The number of rotatable bonds is 17. The van der Waals surface area contributed by atoms with Gasteiger partial charge < -0.3 is 0 Å². The first-order valence-electron chi connectivity index (χ1n) is 23.2. The number of unbranched alkanes of at least 4 members (excludes halogenated alkanes) is 8. The topological polar surface area (TPSA) is 0 Å². The quantitative estimate of drug-likeness (QED) is 0.0634. The van der Waals surface area contributed by atoms with Gasteiger partial charge in [0.25, 0.3) is 0 Å². The zero-order valence-corrected chi connectivity index (χ0v) is 39.2. The molecule has 314 valence electrons. The molecule has 0 fully saturated rings. The SMILES string of the molecule is CCCCCc1ccc(C#Cc2cc(C#Cc3ccc(CCCCC)cc3)c(-c3sc(C#Cc4ccc(CCCCC)cc4)cc3C#Cc3ccc(CCCCC)cc3)s2)cc1. The second-order valence-electron chi connectivity index (χ2n) is 16.3. The standard InChI is InChI=1S/C60H62S2/c1-5-9-13-17-47-21-29-51(30-22-47)37-41-55-45-57(43-39-53-33-25-49(26-34-53)19-15-11-7-3)61-59(55)60-56(42-38-52-31-23-48(24-32-52)18-14-10-6-2)46-58(62-60)44-40-54-35-27-50(28-36-54)20-16-12-8-4/h21-36,45-46H,5-20H2,1-4H3. The van der Waals surface area contributed by atoms with Gasteiger partial charge in [-0.1, -0.05) is 175 Å². The van der Waals surface area contributed by atoms with E-state index in [4.69, 9.17) is 0 Å². The minimum atomic E-state index is 0.970. The van der Waals surface area contributed by atoms with Crippen molar-refractivity contribution >= 4 is 22.7 Å². The highest BCUT2D eigenvalue weighted by Gasteiger charge is 2.16. The molecule has 0 amide bonds. The summed E-state index contributed by atoms with van der Waals surface area (Å²) in [6, 6.07) is 39.5. The van der Waals surface area contributed by atoms with Gasteiger partial charge in [-0.3, -0.25) is 0 Å². The van der Waals surface area contributed by atoms with Gasteiger partial charge in [0, 0.05) is 33.4 Å². The number of hydrogen-bond donors (Lipinski definition) is 0. The van der Waals surface area contributed by atoms with E-state index in [0.29, 0.717) is 0 Å². The molecule has 2 heterocycles. The van der Waals surface area contributed by atoms with E-state index in [1.54, 1.807) is 22.7 Å². The molecular formula is C60H62S2. The number of aryl methyl sites for hydroxylation is 4. The molecule has 0 spiro atoms. The lowest BCUT2D eigenvalue weighted by atomic mass is 10.0. The first kappa shape index (κ1) is 46.0. The number of hydrogen-bond acceptors (Lipinski definition) is 2. The maximum atomic E-state index is 3.58. The fourth-order valence-electron chi connectivity index (χ4n) is 7.31. The summed E-state index contributed by atoms with van der Waals surface area (Å²) < 4.78 is 0. The Morgan fingerprint density at radius 3 is 0.823 bits per heavy atom. The molecule has 0 aliphatic rings. The summed E-state index contributed by atoms with van der Waals surface area (Å²) in [7, 11) is 0. The fraction of sp³-hybridized carbons (Fsp3) is 0.333. The average molecular weight is 847 g/mol. The van der Waals surface area contributed by atoms with Crippen LogP contribution in [-0.2, 0) is 25.7 Å². The van der Waals surface area contributed by atoms with Crippen molar-refractivity contribution in [2.75, 3.05) is 0 Å². The Morgan fingerprint density at radius 1 is 0.306 bits per heavy atom. The molecular weight excluding hydrogens is 785 g/mol. The third-order valence-electron chi connectivity index (χ3n) is 11.1. The molecule has 2 heteroatoms. The molecule has 6 rings (SSSR count). The average Bonchev–Trinajstić information content (AvgIpc) is 3.91. The summed E-state index contributed by atoms with van der Waals surface area (Å²) >= 11 is 3.40. The third-order valence-corrected chi connectivity index (χ3v) is 13.4. The normalized spacial score (nSPS) is 10.5. The molecule has 62 heavy (non-hydrogen) atoms. The van der Waals surface area contributed by atoms with E-state index in [2.05, 4.69) is 184 Å². The van der Waals surface area contributed by atoms with Gasteiger partial charge in [-0.05, 0) is 134 Å². The molecule has 0 nitrogen and oxygen atoms in total. The first-order chi connectivity index (χ1) is 30.5. The van der Waals surface area contributed by atoms with Gasteiger partial charge in [0.2, 0.25) is 0 Å². The Labute approximate surface area is 382 Å². The Balaban J connectivity index is 1.37. The highest BCUT2D eigenvalue weighted by molar-refractivity contribution is 7.23. The molecule has 0 saturated heterocycles. The van der Waals surface area contributed by atoms with Gasteiger partial charge in [0.15, 0.2) is 0 Å². The van der Waals surface area contributed by atoms with Crippen molar-refractivity contribution in [3.8, 4) is 57.1 Å². The van der Waals surface area contributed by atoms with Crippen LogP contribution in [0.25, 0.3) is 9.75 Å². The van der Waals surface area contributed by atoms with Crippen LogP contribution in [0.2, 0.25) is 0 Å². The van der Waals surface area contributed by atoms with Gasteiger partial charge in [-0.25, -0.2) is 0 Å². The minimum Gasteiger partial charge on any atom is -0.124 e. The predicted octanol–water partition coefficient (Wildman–Crippen LogP) is 16.0. The summed E-state index contributed by atoms with van der Waals surface area (Å²) in [5.41, 5.74) is 11.5. The first-order valence-corrected chi connectivity index (χ1v) is 24.9. The van der Waals surface area contributed by atoms with Gasteiger partial charge in [0.05, 0.1) is 19.5 Å². The maximum absolute atomic E-state index is 3.58. The van der Waals surface area contributed by atoms with Crippen LogP contribution in [0.5, 0.6) is 0 Å². The van der Waals surface area contributed by atoms with Gasteiger partial charge in [-0.2, -0.15) is 0 Å². The molecule has 4 aromatic carbocycles. The summed E-state index contributed by atoms with van der Waals surface area (Å²) in [6.07, 6.45) is 19.4. The lowest BCUT2D eigenvalue weighted by molar-refractivity contribution is 0.717. The monoisotopic (exact) mass is 846 g/mol. The van der Waals surface area contributed by atoms with Crippen LogP contribution in [0.3, 0.4) is 0 Å². The highest BCUT2D eigenvalue weighted by Crippen LogP contribution is 2.40. The van der Waals surface area contributed by atoms with Gasteiger partial charge in [-0.15, -0.1) is 22.7 Å². The number of benzene rings is 4. The summed E-state index contributed by atoms with van der Waals surface area (Å²) in [5, 5.41) is 0. The van der Waals surface area contributed by atoms with E-state index in [9.17, 15) is 0 Å². The second kappa shape index (κ2) is 25.5. The van der Waals surface area contributed by atoms with Crippen LogP contribution in [-0.4, -0.2) is 0 Å². The van der Waals surface area contributed by atoms with E-state index in [1.165, 1.54) is 99.3 Å². The van der Waals surface area contributed by atoms with Crippen molar-refractivity contribution < 1.29 is 0 Å². The van der Waals surface area contributed by atoms with E-state index in [0.717, 1.165) is 78.6 Å². The molecule has 2 aromatic heterocycles. The lowest BCUT2D eigenvalue weighted by Gasteiger charge is -2.01. The summed E-state index contributed by atoms with van der Waals surface area (Å²) in [6.45, 7) is 9.01. The third kappa shape index (κ3) is 14.9. The van der Waals surface area contributed by atoms with Crippen molar-refractivity contribution in [3.05, 3.63) is 175 Å². The van der Waals surface area contributed by atoms with Crippen LogP contribution in [0.4, 0.5) is 0 Å². The number of thiophene rings is 2. The van der Waals surface area contributed by atoms with Gasteiger partial charge in [0.1, 0.15) is 0 Å². The molecule has 0 bridgehead atoms. The van der Waals surface area contributed by atoms with Crippen molar-refractivity contribution in [2.45, 2.75) is 130 Å². The Morgan fingerprint density at radius 2 is 0.565 bits per heavy atom. The zero-order valence-electron chi connectivity index (χ0n) is 37.5. The molecule has 0 radical (unpaired) electrons. The Kier molecular flexibility index (Phi) is 18.9. The lowest BCUT2D eigenvalue weighted by Crippen LogP contribution is -1.86. The van der Waals surface area contributed by atoms with Crippen molar-refractivity contribution in [3.63, 3.8) is 0 Å². The molecule has 0 N–H and O–H groups in total. The zero-order chi connectivity index (χ0) is 43.2. The second-order valence-corrected chi connectivity index (χ2v) is 18.4. The van der Waals surface area contributed by atoms with E-state index < -0.39 is 0 Å². The van der Waals surface area contributed by atoms with Crippen LogP contribution >= 0.6 is 22.7 Å². The van der Waals surface area contributed by atoms with E-state index >= 15 is 0 Å². The molecule has 0 aliphatic carbocycles. The Bertz CT molecular complexity index is 2360. The van der Waals surface area contributed by atoms with Crippen LogP contribution in [0.1, 0.15) is 170 Å². The Hall–Kier alpha value is -5.48. The fourth-order valence-corrected chi connectivity index (χ4v) is 9.40. The largest absolute Gasteiger partial charge is 0.124 e. The molecule has 0 saturated carbocycles. The smallest absolute Gasteiger partial charge is 0.0792 e. The predicted molar refractivity (Wildman–Crippen MR) is 270 cm³/mol. The molecule has 0 atom stereocenters. The van der Waals surface area contributed by atoms with Gasteiger partial charge >= 0.3 is 0 Å². The summed E-state index contributed by atoms with van der Waals surface area (Å²) in [5.74, 6) is 28.1. The van der Waals surface area contributed by atoms with E-state index in [1.807, 2.05) is 0 Å². The van der Waals surface area contributed by atoms with Crippen LogP contribution in [0.15, 0.2) is 109 Å². The highest BCUT2D eigenvalue weighted by atomic mass is 32.1. The van der Waals surface area contributed by atoms with E-state index in [-0.39, 0.29) is 0 Å². The molecule has 0 aliphatic heterocycles. The minimum absolute atomic E-state index is 0.970.